The molecular weight excluding hydrogens is 248 g/mol. The number of nitrogen functional groups attached to an aromatic ring is 1. The Kier molecular flexibility index (Phi) is 3.70. The lowest BCUT2D eigenvalue weighted by Gasteiger charge is -2.03. The Morgan fingerprint density at radius 1 is 1.79 bits per heavy atom. The molecule has 14 heavy (non-hydrogen) atoms. The molecule has 0 aliphatic rings. The summed E-state index contributed by atoms with van der Waals surface area (Å²) in [5, 5.41) is 6.53. The number of hydrogen-bond acceptors (Lipinski definition) is 3. The molecule has 1 rings (SSSR count). The van der Waals surface area contributed by atoms with Crippen molar-refractivity contribution >= 4 is 27.7 Å². The second-order valence-electron chi connectivity index (χ2n) is 2.73. The van der Waals surface area contributed by atoms with Crippen molar-refractivity contribution in [1.82, 2.24) is 15.1 Å². The number of nitrogens with one attached hydrogen (secondary N) is 1. The highest BCUT2D eigenvalue weighted by Gasteiger charge is 2.02. The zero-order valence-corrected chi connectivity index (χ0v) is 9.12. The fraction of sp³-hybridized carbons (Fsp3) is 0.250. The van der Waals surface area contributed by atoms with E-state index in [9.17, 15) is 4.79 Å². The number of carbonyl (C=O) groups is 1. The number of nitrogens with zero attached hydrogens (tertiary/aromatic N) is 2. The van der Waals surface area contributed by atoms with Crippen LogP contribution in [-0.4, -0.2) is 22.2 Å². The van der Waals surface area contributed by atoms with E-state index in [-0.39, 0.29) is 12.5 Å². The van der Waals surface area contributed by atoms with Crippen LogP contribution in [0.5, 0.6) is 0 Å². The van der Waals surface area contributed by atoms with E-state index in [0.29, 0.717) is 12.4 Å². The number of aromatic nitrogens is 2. The maximum Gasteiger partial charge on any atom is 0.242 e. The Morgan fingerprint density at radius 2 is 2.50 bits per heavy atom. The Balaban J connectivity index is 2.37. The fourth-order valence-corrected chi connectivity index (χ4v) is 1.00. The number of rotatable bonds is 4. The van der Waals surface area contributed by atoms with Gasteiger partial charge in [-0.05, 0) is 6.07 Å². The van der Waals surface area contributed by atoms with Gasteiger partial charge in [0.15, 0.2) is 0 Å². The Labute approximate surface area is 90.1 Å². The minimum Gasteiger partial charge on any atom is -0.382 e. The van der Waals surface area contributed by atoms with Crippen LogP contribution in [-0.2, 0) is 11.3 Å². The average Bonchev–Trinajstić information content (AvgIpc) is 2.48. The number of amides is 1. The molecular formula is C8H11BrN4O. The molecule has 0 saturated carbocycles. The van der Waals surface area contributed by atoms with E-state index >= 15 is 0 Å². The summed E-state index contributed by atoms with van der Waals surface area (Å²) < 4.78 is 2.20. The van der Waals surface area contributed by atoms with Gasteiger partial charge in [0.1, 0.15) is 12.4 Å². The third-order valence-corrected chi connectivity index (χ3v) is 1.72. The molecule has 0 bridgehead atoms. The van der Waals surface area contributed by atoms with Gasteiger partial charge in [0, 0.05) is 17.2 Å². The van der Waals surface area contributed by atoms with Gasteiger partial charge in [0.2, 0.25) is 5.91 Å². The van der Waals surface area contributed by atoms with Crippen LogP contribution in [0.3, 0.4) is 0 Å². The first-order chi connectivity index (χ1) is 6.58. The lowest BCUT2D eigenvalue weighted by atomic mass is 10.5. The standard InChI is InChI=1S/C8H11BrN4O/c1-6(9)4-11-8(14)5-13-3-2-7(10)12-13/h2-3H,1,4-5H2,(H2,10,12)(H,11,14). The molecule has 0 radical (unpaired) electrons. The molecule has 0 fully saturated rings. The van der Waals surface area contributed by atoms with Crippen molar-refractivity contribution in [2.24, 2.45) is 0 Å². The normalized spacial score (nSPS) is 9.79. The lowest BCUT2D eigenvalue weighted by molar-refractivity contribution is -0.121. The molecule has 0 saturated heterocycles. The largest absolute Gasteiger partial charge is 0.382 e. The molecule has 6 heteroatoms. The zero-order valence-electron chi connectivity index (χ0n) is 7.53. The van der Waals surface area contributed by atoms with E-state index in [0.717, 1.165) is 4.48 Å². The second kappa shape index (κ2) is 4.80. The van der Waals surface area contributed by atoms with Gasteiger partial charge < -0.3 is 11.1 Å². The smallest absolute Gasteiger partial charge is 0.242 e. The first-order valence-electron chi connectivity index (χ1n) is 3.97. The van der Waals surface area contributed by atoms with Gasteiger partial charge >= 0.3 is 0 Å². The molecule has 3 N–H and O–H groups in total. The van der Waals surface area contributed by atoms with Crippen LogP contribution in [0.4, 0.5) is 5.82 Å². The summed E-state index contributed by atoms with van der Waals surface area (Å²) in [4.78, 5) is 11.3. The molecule has 1 aromatic rings. The molecule has 5 nitrogen and oxygen atoms in total. The Morgan fingerprint density at radius 3 is 3.00 bits per heavy atom. The summed E-state index contributed by atoms with van der Waals surface area (Å²) in [5.74, 6) is 0.274. The molecule has 0 aromatic carbocycles. The number of halogens is 1. The summed E-state index contributed by atoms with van der Waals surface area (Å²) in [6.07, 6.45) is 1.65. The minimum absolute atomic E-state index is 0.131. The van der Waals surface area contributed by atoms with E-state index in [2.05, 4.69) is 32.9 Å². The molecule has 1 aromatic heterocycles. The van der Waals surface area contributed by atoms with Crippen molar-refractivity contribution in [3.8, 4) is 0 Å². The molecule has 0 atom stereocenters. The van der Waals surface area contributed by atoms with Crippen LogP contribution < -0.4 is 11.1 Å². The summed E-state index contributed by atoms with van der Waals surface area (Å²) >= 11 is 3.14. The molecule has 1 amide bonds. The highest BCUT2D eigenvalue weighted by molar-refractivity contribution is 9.11. The molecule has 1 heterocycles. The first kappa shape index (κ1) is 10.8. The monoisotopic (exact) mass is 258 g/mol. The van der Waals surface area contributed by atoms with Gasteiger partial charge in [-0.15, -0.1) is 0 Å². The van der Waals surface area contributed by atoms with Gasteiger partial charge in [0.05, 0.1) is 0 Å². The van der Waals surface area contributed by atoms with E-state index < -0.39 is 0 Å². The van der Waals surface area contributed by atoms with E-state index in [1.807, 2.05) is 0 Å². The van der Waals surface area contributed by atoms with Crippen molar-refractivity contribution in [3.05, 3.63) is 23.3 Å². The predicted molar refractivity (Wildman–Crippen MR) is 57.7 cm³/mol. The number of anilines is 1. The van der Waals surface area contributed by atoms with Gasteiger partial charge in [-0.3, -0.25) is 9.48 Å². The second-order valence-corrected chi connectivity index (χ2v) is 3.85. The quantitative estimate of drug-likeness (QED) is 0.826. The van der Waals surface area contributed by atoms with E-state index in [1.54, 1.807) is 12.3 Å². The SMILES string of the molecule is C=C(Br)CNC(=O)Cn1ccc(N)n1. The molecule has 0 spiro atoms. The van der Waals surface area contributed by atoms with Gasteiger partial charge in [-0.2, -0.15) is 5.10 Å². The third-order valence-electron chi connectivity index (χ3n) is 1.44. The maximum absolute atomic E-state index is 11.3. The number of carbonyl (C=O) groups excluding carboxylic acids is 1. The average molecular weight is 259 g/mol. The van der Waals surface area contributed by atoms with Crippen molar-refractivity contribution in [3.63, 3.8) is 0 Å². The summed E-state index contributed by atoms with van der Waals surface area (Å²) in [7, 11) is 0. The predicted octanol–water partition coefficient (Wildman–Crippen LogP) is 0.490. The van der Waals surface area contributed by atoms with E-state index in [1.165, 1.54) is 4.68 Å². The third kappa shape index (κ3) is 3.61. The summed E-state index contributed by atoms with van der Waals surface area (Å²) in [6.45, 7) is 4.17. The minimum atomic E-state index is -0.131. The van der Waals surface area contributed by atoms with Crippen LogP contribution in [0.1, 0.15) is 0 Å². The molecule has 0 aliphatic heterocycles. The molecule has 0 unspecified atom stereocenters. The lowest BCUT2D eigenvalue weighted by Crippen LogP contribution is -2.28. The fourth-order valence-electron chi connectivity index (χ4n) is 0.863. The van der Waals surface area contributed by atoms with E-state index in [4.69, 9.17) is 5.73 Å². The number of hydrogen-bond donors (Lipinski definition) is 2. The van der Waals surface area contributed by atoms with Crippen molar-refractivity contribution in [1.29, 1.82) is 0 Å². The van der Waals surface area contributed by atoms with Gasteiger partial charge in [-0.25, -0.2) is 0 Å². The maximum atomic E-state index is 11.3. The summed E-state index contributed by atoms with van der Waals surface area (Å²) in [6, 6.07) is 1.64. The zero-order chi connectivity index (χ0) is 10.6. The Hall–Kier alpha value is -1.30. The highest BCUT2D eigenvalue weighted by Crippen LogP contribution is 1.97. The van der Waals surface area contributed by atoms with Crippen molar-refractivity contribution in [2.75, 3.05) is 12.3 Å². The van der Waals surface area contributed by atoms with Crippen LogP contribution in [0, 0.1) is 0 Å². The van der Waals surface area contributed by atoms with Crippen molar-refractivity contribution < 1.29 is 4.79 Å². The van der Waals surface area contributed by atoms with Gasteiger partial charge in [0.25, 0.3) is 0 Å². The highest BCUT2D eigenvalue weighted by atomic mass is 79.9. The molecule has 0 aliphatic carbocycles. The first-order valence-corrected chi connectivity index (χ1v) is 4.76. The Bertz CT molecular complexity index is 347. The van der Waals surface area contributed by atoms with Crippen LogP contribution >= 0.6 is 15.9 Å². The van der Waals surface area contributed by atoms with Crippen molar-refractivity contribution in [2.45, 2.75) is 6.54 Å². The number of nitrogens with two attached hydrogens (primary N) is 1. The topological polar surface area (TPSA) is 72.9 Å². The van der Waals surface area contributed by atoms with Gasteiger partial charge in [-0.1, -0.05) is 22.5 Å². The van der Waals surface area contributed by atoms with Crippen LogP contribution in [0.2, 0.25) is 0 Å². The summed E-state index contributed by atoms with van der Waals surface area (Å²) in [5.41, 5.74) is 5.39. The van der Waals surface area contributed by atoms with Crippen LogP contribution in [0.25, 0.3) is 0 Å². The van der Waals surface area contributed by atoms with Crippen LogP contribution in [0.15, 0.2) is 23.3 Å². The molecule has 76 valence electrons.